The summed E-state index contributed by atoms with van der Waals surface area (Å²) in [4.78, 5) is 13.2. The molecule has 0 amide bonds. The SMILES string of the molecule is CS(=O)(=O)N(CC(=O)O)C[C@@H]1CN(CCc2ccc3c(c2)CCO3)CCO1. The van der Waals surface area contributed by atoms with Crippen molar-refractivity contribution >= 4 is 16.0 Å². The second-order valence-electron chi connectivity index (χ2n) is 7.03. The standard InChI is InChI=1S/C18H26N2O6S/c1-27(23,24)20(13-18(21)22)12-16-11-19(7-9-25-16)6-4-14-2-3-17-15(10-14)5-8-26-17/h2-3,10,16H,4-9,11-13H2,1H3,(H,21,22)/t16-/m0/s1. The number of carbonyl (C=O) groups is 1. The first kappa shape index (κ1) is 20.1. The van der Waals surface area contributed by atoms with Crippen LogP contribution >= 0.6 is 0 Å². The van der Waals surface area contributed by atoms with Crippen LogP contribution in [0, 0.1) is 0 Å². The van der Waals surface area contributed by atoms with Crippen LogP contribution < -0.4 is 4.74 Å². The Bertz CT molecular complexity index is 782. The molecule has 1 N–H and O–H groups in total. The number of hydrogen-bond donors (Lipinski definition) is 1. The number of rotatable bonds is 8. The largest absolute Gasteiger partial charge is 0.493 e. The van der Waals surface area contributed by atoms with Crippen molar-refractivity contribution in [2.24, 2.45) is 0 Å². The molecule has 1 fully saturated rings. The molecule has 27 heavy (non-hydrogen) atoms. The Balaban J connectivity index is 1.53. The van der Waals surface area contributed by atoms with E-state index in [9.17, 15) is 13.2 Å². The molecule has 8 nitrogen and oxygen atoms in total. The van der Waals surface area contributed by atoms with Crippen molar-refractivity contribution < 1.29 is 27.8 Å². The third-order valence-electron chi connectivity index (χ3n) is 4.88. The smallest absolute Gasteiger partial charge is 0.318 e. The molecule has 1 aromatic rings. The number of fused-ring (bicyclic) bond motifs is 1. The lowest BCUT2D eigenvalue weighted by Crippen LogP contribution is -2.49. The van der Waals surface area contributed by atoms with Gasteiger partial charge in [0.2, 0.25) is 10.0 Å². The van der Waals surface area contributed by atoms with E-state index in [-0.39, 0.29) is 12.6 Å². The highest BCUT2D eigenvalue weighted by Gasteiger charge is 2.28. The summed E-state index contributed by atoms with van der Waals surface area (Å²) in [6, 6.07) is 6.30. The normalized spacial score (nSPS) is 20.4. The molecule has 1 aromatic carbocycles. The average molecular weight is 398 g/mol. The van der Waals surface area contributed by atoms with Gasteiger partial charge in [-0.1, -0.05) is 12.1 Å². The second-order valence-corrected chi connectivity index (χ2v) is 9.02. The van der Waals surface area contributed by atoms with Crippen molar-refractivity contribution in [3.63, 3.8) is 0 Å². The molecule has 1 saturated heterocycles. The van der Waals surface area contributed by atoms with Gasteiger partial charge in [0, 0.05) is 32.6 Å². The number of sulfonamides is 1. The lowest BCUT2D eigenvalue weighted by Gasteiger charge is -2.34. The van der Waals surface area contributed by atoms with Crippen LogP contribution in [0.5, 0.6) is 5.75 Å². The number of hydrogen-bond acceptors (Lipinski definition) is 6. The van der Waals surface area contributed by atoms with Gasteiger partial charge in [-0.25, -0.2) is 8.42 Å². The Morgan fingerprint density at radius 1 is 1.37 bits per heavy atom. The van der Waals surface area contributed by atoms with Gasteiger partial charge in [-0.2, -0.15) is 4.31 Å². The molecule has 2 aliphatic heterocycles. The monoisotopic (exact) mass is 398 g/mol. The molecule has 3 rings (SSSR count). The number of carboxylic acids is 1. The van der Waals surface area contributed by atoms with E-state index in [0.717, 1.165) is 48.8 Å². The van der Waals surface area contributed by atoms with Crippen LogP contribution in [0.2, 0.25) is 0 Å². The van der Waals surface area contributed by atoms with Crippen LogP contribution in [0.3, 0.4) is 0 Å². The third-order valence-corrected chi connectivity index (χ3v) is 6.10. The minimum Gasteiger partial charge on any atom is -0.493 e. The quantitative estimate of drug-likeness (QED) is 0.669. The predicted octanol–water partition coefficient (Wildman–Crippen LogP) is 0.211. The molecule has 0 spiro atoms. The molecule has 0 radical (unpaired) electrons. The van der Waals surface area contributed by atoms with Crippen molar-refractivity contribution in [2.75, 3.05) is 52.2 Å². The highest BCUT2D eigenvalue weighted by molar-refractivity contribution is 7.88. The maximum Gasteiger partial charge on any atom is 0.318 e. The van der Waals surface area contributed by atoms with Gasteiger partial charge in [-0.15, -0.1) is 0 Å². The second kappa shape index (κ2) is 8.55. The van der Waals surface area contributed by atoms with Crippen LogP contribution in [0.1, 0.15) is 11.1 Å². The Labute approximate surface area is 159 Å². The van der Waals surface area contributed by atoms with Gasteiger partial charge in [0.15, 0.2) is 0 Å². The van der Waals surface area contributed by atoms with E-state index < -0.39 is 22.5 Å². The first-order chi connectivity index (χ1) is 12.8. The maximum atomic E-state index is 11.8. The summed E-state index contributed by atoms with van der Waals surface area (Å²) in [5.41, 5.74) is 2.51. The maximum absolute atomic E-state index is 11.8. The summed E-state index contributed by atoms with van der Waals surface area (Å²) in [5, 5.41) is 8.94. The zero-order valence-corrected chi connectivity index (χ0v) is 16.3. The number of nitrogens with zero attached hydrogens (tertiary/aromatic N) is 2. The fraction of sp³-hybridized carbons (Fsp3) is 0.611. The predicted molar refractivity (Wildman–Crippen MR) is 99.6 cm³/mol. The highest BCUT2D eigenvalue weighted by atomic mass is 32.2. The number of morpholine rings is 1. The third kappa shape index (κ3) is 5.65. The molecule has 0 bridgehead atoms. The van der Waals surface area contributed by atoms with Gasteiger partial charge >= 0.3 is 5.97 Å². The molecule has 9 heteroatoms. The molecule has 0 saturated carbocycles. The first-order valence-electron chi connectivity index (χ1n) is 9.07. The van der Waals surface area contributed by atoms with E-state index >= 15 is 0 Å². The van der Waals surface area contributed by atoms with E-state index in [4.69, 9.17) is 14.6 Å². The Morgan fingerprint density at radius 3 is 2.93 bits per heavy atom. The summed E-state index contributed by atoms with van der Waals surface area (Å²) < 4.78 is 35.8. The lowest BCUT2D eigenvalue weighted by molar-refractivity contribution is -0.137. The number of benzene rings is 1. The van der Waals surface area contributed by atoms with E-state index in [2.05, 4.69) is 17.0 Å². The molecule has 0 unspecified atom stereocenters. The topological polar surface area (TPSA) is 96.4 Å². The van der Waals surface area contributed by atoms with Gasteiger partial charge in [0.1, 0.15) is 12.3 Å². The van der Waals surface area contributed by atoms with Gasteiger partial charge < -0.3 is 14.6 Å². The minimum atomic E-state index is -3.60. The molecular weight excluding hydrogens is 372 g/mol. The van der Waals surface area contributed by atoms with Crippen molar-refractivity contribution in [1.29, 1.82) is 0 Å². The molecular formula is C18H26N2O6S. The number of ether oxygens (including phenoxy) is 2. The fourth-order valence-corrected chi connectivity index (χ4v) is 4.25. The van der Waals surface area contributed by atoms with Crippen molar-refractivity contribution in [3.8, 4) is 5.75 Å². The Morgan fingerprint density at radius 2 is 2.19 bits per heavy atom. The lowest BCUT2D eigenvalue weighted by atomic mass is 10.1. The van der Waals surface area contributed by atoms with Crippen molar-refractivity contribution in [1.82, 2.24) is 9.21 Å². The number of aliphatic carboxylic acids is 1. The van der Waals surface area contributed by atoms with Gasteiger partial charge in [-0.05, 0) is 23.6 Å². The number of carboxylic acid groups (broad SMARTS) is 1. The van der Waals surface area contributed by atoms with E-state index in [1.54, 1.807) is 0 Å². The van der Waals surface area contributed by atoms with E-state index in [1.807, 2.05) is 6.07 Å². The molecule has 1 atom stereocenters. The zero-order chi connectivity index (χ0) is 19.4. The highest BCUT2D eigenvalue weighted by Crippen LogP contribution is 2.26. The van der Waals surface area contributed by atoms with E-state index in [0.29, 0.717) is 13.2 Å². The first-order valence-corrected chi connectivity index (χ1v) is 10.9. The van der Waals surface area contributed by atoms with Crippen LogP contribution in [0.15, 0.2) is 18.2 Å². The van der Waals surface area contributed by atoms with Gasteiger partial charge in [-0.3, -0.25) is 9.69 Å². The van der Waals surface area contributed by atoms with Crippen LogP contribution in [-0.2, 0) is 32.4 Å². The summed E-state index contributed by atoms with van der Waals surface area (Å²) in [7, 11) is -3.60. The molecule has 0 aliphatic carbocycles. The summed E-state index contributed by atoms with van der Waals surface area (Å²) in [6.45, 7) is 2.97. The van der Waals surface area contributed by atoms with Crippen LogP contribution in [-0.4, -0.2) is 87.0 Å². The van der Waals surface area contributed by atoms with Gasteiger partial charge in [0.25, 0.3) is 0 Å². The summed E-state index contributed by atoms with van der Waals surface area (Å²) >= 11 is 0. The van der Waals surface area contributed by atoms with Crippen molar-refractivity contribution in [3.05, 3.63) is 29.3 Å². The molecule has 2 heterocycles. The molecule has 2 aliphatic rings. The minimum absolute atomic E-state index is 0.0534. The zero-order valence-electron chi connectivity index (χ0n) is 15.5. The molecule has 0 aromatic heterocycles. The fourth-order valence-electron chi connectivity index (χ4n) is 3.47. The van der Waals surface area contributed by atoms with Crippen LogP contribution in [0.25, 0.3) is 0 Å². The Hall–Kier alpha value is -1.68. The van der Waals surface area contributed by atoms with Crippen molar-refractivity contribution in [2.45, 2.75) is 18.9 Å². The average Bonchev–Trinajstić information content (AvgIpc) is 3.06. The van der Waals surface area contributed by atoms with Gasteiger partial charge in [0.05, 0.1) is 25.6 Å². The molecule has 150 valence electrons. The van der Waals surface area contributed by atoms with E-state index in [1.165, 1.54) is 11.1 Å². The summed E-state index contributed by atoms with van der Waals surface area (Å²) in [5.74, 6) is -0.196. The van der Waals surface area contributed by atoms with Crippen LogP contribution in [0.4, 0.5) is 0 Å². The summed E-state index contributed by atoms with van der Waals surface area (Å²) in [6.07, 6.45) is 2.54. The Kier molecular flexibility index (Phi) is 6.36.